The number of benzene rings is 2. The van der Waals surface area contributed by atoms with Crippen LogP contribution in [0.4, 0.5) is 11.4 Å². The Morgan fingerprint density at radius 1 is 0.556 bits per heavy atom. The second-order valence-corrected chi connectivity index (χ2v) is 11.0. The van der Waals surface area contributed by atoms with Crippen LogP contribution in [0.3, 0.4) is 0 Å². The molecule has 1 heterocycles. The van der Waals surface area contributed by atoms with E-state index in [9.17, 15) is 0 Å². The summed E-state index contributed by atoms with van der Waals surface area (Å²) in [7, 11) is 0. The van der Waals surface area contributed by atoms with Crippen molar-refractivity contribution in [2.45, 2.75) is 92.9 Å². The van der Waals surface area contributed by atoms with E-state index in [0.717, 1.165) is 34.1 Å². The van der Waals surface area contributed by atoms with Crippen molar-refractivity contribution in [1.29, 1.82) is 0 Å². The van der Waals surface area contributed by atoms with E-state index >= 15 is 0 Å². The molecule has 3 aromatic rings. The van der Waals surface area contributed by atoms with Gasteiger partial charge in [0.15, 0.2) is 0 Å². The van der Waals surface area contributed by atoms with E-state index in [4.69, 9.17) is 15.0 Å². The molecule has 0 saturated heterocycles. The summed E-state index contributed by atoms with van der Waals surface area (Å²) in [5.41, 5.74) is 11.1. The minimum absolute atomic E-state index is 0.392. The predicted octanol–water partition coefficient (Wildman–Crippen LogP) is 9.86. The average Bonchev–Trinajstić information content (AvgIpc) is 2.83. The number of hydrogen-bond acceptors (Lipinski definition) is 3. The Morgan fingerprint density at radius 2 is 0.944 bits per heavy atom. The Kier molecular flexibility index (Phi) is 9.00. The van der Waals surface area contributed by atoms with E-state index < -0.39 is 0 Å². The number of nitrogens with zero attached hydrogens (tertiary/aromatic N) is 3. The third-order valence-electron chi connectivity index (χ3n) is 6.78. The van der Waals surface area contributed by atoms with E-state index in [1.807, 2.05) is 12.3 Å². The minimum Gasteiger partial charge on any atom is -0.254 e. The van der Waals surface area contributed by atoms with Gasteiger partial charge >= 0.3 is 0 Å². The average molecular weight is 482 g/mol. The lowest BCUT2D eigenvalue weighted by Crippen LogP contribution is -2.09. The van der Waals surface area contributed by atoms with Crippen molar-refractivity contribution in [3.63, 3.8) is 0 Å². The minimum atomic E-state index is 0.392. The second kappa shape index (κ2) is 11.8. The van der Waals surface area contributed by atoms with Gasteiger partial charge in [-0.25, -0.2) is 0 Å². The summed E-state index contributed by atoms with van der Waals surface area (Å²) >= 11 is 0. The SMILES string of the molecule is CC(=Nc1c(C(C)C)cccc1C(C)C)c1cccnc1C(C)=Nc1c(C(C)C)cccc1C(C)C. The van der Waals surface area contributed by atoms with Crippen LogP contribution in [-0.2, 0) is 0 Å². The summed E-state index contributed by atoms with van der Waals surface area (Å²) in [6.45, 7) is 22.0. The fraction of sp³-hybridized carbons (Fsp3) is 0.424. The van der Waals surface area contributed by atoms with Gasteiger partial charge in [-0.3, -0.25) is 15.0 Å². The van der Waals surface area contributed by atoms with Crippen LogP contribution in [0.2, 0.25) is 0 Å². The van der Waals surface area contributed by atoms with Gasteiger partial charge in [0.25, 0.3) is 0 Å². The Balaban J connectivity index is 2.19. The van der Waals surface area contributed by atoms with Gasteiger partial charge in [0.2, 0.25) is 0 Å². The predicted molar refractivity (Wildman–Crippen MR) is 157 cm³/mol. The first kappa shape index (κ1) is 27.5. The summed E-state index contributed by atoms with van der Waals surface area (Å²) in [5.74, 6) is 1.58. The normalized spacial score (nSPS) is 12.9. The molecule has 0 spiro atoms. The lowest BCUT2D eigenvalue weighted by atomic mass is 9.92. The molecule has 0 saturated carbocycles. The first-order valence-corrected chi connectivity index (χ1v) is 13.3. The first-order valence-electron chi connectivity index (χ1n) is 13.3. The molecule has 3 nitrogen and oxygen atoms in total. The molecule has 0 unspecified atom stereocenters. The van der Waals surface area contributed by atoms with Crippen molar-refractivity contribution in [2.24, 2.45) is 9.98 Å². The molecule has 0 amide bonds. The molecule has 3 rings (SSSR count). The Hall–Kier alpha value is -3.07. The number of pyridine rings is 1. The zero-order valence-corrected chi connectivity index (χ0v) is 23.8. The molecule has 190 valence electrons. The number of hydrogen-bond donors (Lipinski definition) is 0. The molecule has 3 heteroatoms. The number of aromatic nitrogens is 1. The summed E-state index contributed by atoms with van der Waals surface area (Å²) < 4.78 is 0. The third-order valence-corrected chi connectivity index (χ3v) is 6.78. The monoisotopic (exact) mass is 481 g/mol. The van der Waals surface area contributed by atoms with Gasteiger partial charge in [-0.1, -0.05) is 91.8 Å². The van der Waals surface area contributed by atoms with Crippen LogP contribution >= 0.6 is 0 Å². The topological polar surface area (TPSA) is 37.6 Å². The van der Waals surface area contributed by atoms with Crippen molar-refractivity contribution in [2.75, 3.05) is 0 Å². The van der Waals surface area contributed by atoms with Crippen molar-refractivity contribution in [3.8, 4) is 0 Å². The van der Waals surface area contributed by atoms with Crippen LogP contribution in [0.15, 0.2) is 64.7 Å². The molecule has 0 atom stereocenters. The fourth-order valence-corrected chi connectivity index (χ4v) is 4.72. The highest BCUT2D eigenvalue weighted by molar-refractivity contribution is 6.11. The molecule has 0 aliphatic rings. The Labute approximate surface area is 218 Å². The number of aliphatic imine (C=N–C) groups is 2. The standard InChI is InChI=1S/C33H43N3/c1-20(2)26-14-11-15-27(21(3)4)32(26)35-24(9)30-18-13-19-34-31(30)25(10)36-33-28(22(5)6)16-12-17-29(33)23(7)8/h11-23H,1-10H3. The largest absolute Gasteiger partial charge is 0.254 e. The smallest absolute Gasteiger partial charge is 0.0932 e. The molecule has 36 heavy (non-hydrogen) atoms. The maximum absolute atomic E-state index is 5.23. The van der Waals surface area contributed by atoms with Crippen molar-refractivity contribution in [3.05, 3.63) is 88.2 Å². The van der Waals surface area contributed by atoms with Gasteiger partial charge in [-0.2, -0.15) is 0 Å². The Bertz CT molecular complexity index is 1110. The van der Waals surface area contributed by atoms with Crippen LogP contribution in [0.5, 0.6) is 0 Å². The maximum Gasteiger partial charge on any atom is 0.0932 e. The molecule has 0 radical (unpaired) electrons. The summed E-state index contributed by atoms with van der Waals surface area (Å²) in [5, 5.41) is 0. The van der Waals surface area contributed by atoms with Gasteiger partial charge in [0, 0.05) is 17.5 Å². The highest BCUT2D eigenvalue weighted by Gasteiger charge is 2.18. The van der Waals surface area contributed by atoms with Crippen LogP contribution in [-0.4, -0.2) is 16.4 Å². The number of rotatable bonds is 8. The lowest BCUT2D eigenvalue weighted by molar-refractivity contribution is 0.834. The zero-order valence-electron chi connectivity index (χ0n) is 23.8. The molecule has 0 fully saturated rings. The van der Waals surface area contributed by atoms with Crippen LogP contribution < -0.4 is 0 Å². The van der Waals surface area contributed by atoms with E-state index in [0.29, 0.717) is 23.7 Å². The third kappa shape index (κ3) is 6.00. The molecule has 0 N–H and O–H groups in total. The van der Waals surface area contributed by atoms with Gasteiger partial charge in [0.1, 0.15) is 0 Å². The van der Waals surface area contributed by atoms with Crippen LogP contribution in [0.25, 0.3) is 0 Å². The summed E-state index contributed by atoms with van der Waals surface area (Å²) in [6.07, 6.45) is 1.85. The van der Waals surface area contributed by atoms with E-state index in [2.05, 4.69) is 112 Å². The second-order valence-electron chi connectivity index (χ2n) is 11.0. The highest BCUT2D eigenvalue weighted by Crippen LogP contribution is 2.37. The molecule has 0 bridgehead atoms. The zero-order chi connectivity index (χ0) is 26.6. The number of para-hydroxylation sites is 2. The van der Waals surface area contributed by atoms with E-state index in [1.54, 1.807) is 0 Å². The molecule has 0 aliphatic heterocycles. The van der Waals surface area contributed by atoms with Gasteiger partial charge in [-0.05, 0) is 71.9 Å². The quantitative estimate of drug-likeness (QED) is 0.295. The molecule has 2 aromatic carbocycles. The van der Waals surface area contributed by atoms with Crippen molar-refractivity contribution in [1.82, 2.24) is 4.98 Å². The summed E-state index contributed by atoms with van der Waals surface area (Å²) in [6, 6.07) is 17.2. The van der Waals surface area contributed by atoms with Crippen LogP contribution in [0.1, 0.15) is 126 Å². The van der Waals surface area contributed by atoms with Gasteiger partial charge in [0.05, 0.1) is 22.8 Å². The lowest BCUT2D eigenvalue weighted by Gasteiger charge is -2.18. The van der Waals surface area contributed by atoms with Crippen molar-refractivity contribution >= 4 is 22.8 Å². The van der Waals surface area contributed by atoms with Crippen LogP contribution in [0, 0.1) is 0 Å². The van der Waals surface area contributed by atoms with E-state index in [1.165, 1.54) is 22.3 Å². The molecular formula is C33H43N3. The van der Waals surface area contributed by atoms with Gasteiger partial charge in [-0.15, -0.1) is 0 Å². The molecule has 0 aliphatic carbocycles. The summed E-state index contributed by atoms with van der Waals surface area (Å²) in [4.78, 5) is 15.2. The fourth-order valence-electron chi connectivity index (χ4n) is 4.72. The molecular weight excluding hydrogens is 438 g/mol. The maximum atomic E-state index is 5.23. The van der Waals surface area contributed by atoms with E-state index in [-0.39, 0.29) is 0 Å². The highest BCUT2D eigenvalue weighted by atomic mass is 14.8. The molecule has 1 aromatic heterocycles. The first-order chi connectivity index (χ1) is 17.0. The van der Waals surface area contributed by atoms with Gasteiger partial charge < -0.3 is 0 Å². The van der Waals surface area contributed by atoms with Crippen molar-refractivity contribution < 1.29 is 0 Å². The Morgan fingerprint density at radius 3 is 1.33 bits per heavy atom.